The molecule has 1 amide bonds. The summed E-state index contributed by atoms with van der Waals surface area (Å²) in [7, 11) is 2.95. The van der Waals surface area contributed by atoms with Crippen LogP contribution in [0.1, 0.15) is 21.5 Å². The third-order valence-electron chi connectivity index (χ3n) is 4.12. The second-order valence-corrected chi connectivity index (χ2v) is 7.04. The molecule has 7 heteroatoms. The van der Waals surface area contributed by atoms with Crippen molar-refractivity contribution >= 4 is 34.4 Å². The van der Waals surface area contributed by atoms with Crippen molar-refractivity contribution in [2.45, 2.75) is 6.92 Å². The van der Waals surface area contributed by atoms with E-state index < -0.39 is 5.97 Å². The lowest BCUT2D eigenvalue weighted by Crippen LogP contribution is -2.07. The largest absolute Gasteiger partial charge is 0.496 e. The highest BCUT2D eigenvalue weighted by Crippen LogP contribution is 2.32. The Labute approximate surface area is 172 Å². The second kappa shape index (κ2) is 9.16. The Morgan fingerprint density at radius 2 is 1.86 bits per heavy atom. The Kier molecular flexibility index (Phi) is 6.41. The van der Waals surface area contributed by atoms with Crippen LogP contribution in [-0.4, -0.2) is 31.1 Å². The molecule has 148 valence electrons. The summed E-state index contributed by atoms with van der Waals surface area (Å²) in [6, 6.07) is 12.6. The Morgan fingerprint density at radius 1 is 1.10 bits per heavy atom. The molecule has 2 aromatic carbocycles. The third kappa shape index (κ3) is 5.08. The number of rotatable bonds is 6. The first kappa shape index (κ1) is 20.3. The summed E-state index contributed by atoms with van der Waals surface area (Å²) < 4.78 is 10.1. The number of benzene rings is 2. The number of aromatic nitrogens is 1. The van der Waals surface area contributed by atoms with E-state index in [1.165, 1.54) is 24.5 Å². The first-order valence-corrected chi connectivity index (χ1v) is 9.66. The average molecular weight is 408 g/mol. The molecule has 0 aliphatic carbocycles. The van der Waals surface area contributed by atoms with Crippen LogP contribution >= 0.6 is 11.3 Å². The number of carbonyl (C=O) groups excluding carboxylic acids is 2. The Hall–Kier alpha value is -3.45. The molecule has 0 spiro atoms. The predicted octanol–water partition coefficient (Wildman–Crippen LogP) is 4.57. The van der Waals surface area contributed by atoms with Gasteiger partial charge in [0.15, 0.2) is 5.13 Å². The number of esters is 1. The molecule has 0 aliphatic heterocycles. The zero-order chi connectivity index (χ0) is 20.8. The number of hydrogen-bond donors (Lipinski definition) is 1. The summed E-state index contributed by atoms with van der Waals surface area (Å²) in [5.74, 6) is 0.0383. The highest BCUT2D eigenvalue weighted by atomic mass is 32.1. The lowest BCUT2D eigenvalue weighted by atomic mass is 10.1. The van der Waals surface area contributed by atoms with E-state index in [1.54, 1.807) is 37.5 Å². The van der Waals surface area contributed by atoms with Crippen molar-refractivity contribution in [1.29, 1.82) is 0 Å². The summed E-state index contributed by atoms with van der Waals surface area (Å²) in [5.41, 5.74) is 3.97. The molecular formula is C22H20N2O4S. The van der Waals surface area contributed by atoms with Gasteiger partial charge in [0.25, 0.3) is 0 Å². The predicted molar refractivity (Wildman–Crippen MR) is 114 cm³/mol. The standard InChI is InChI=1S/C22H20N2O4S/c1-14-4-10-19(27-2)17(12-14)18-13-29-22(23-18)24-20(25)11-7-15-5-8-16(9-6-15)21(26)28-3/h4-13H,1-3H3,(H,23,24,25)/b11-7+. The molecule has 1 aromatic heterocycles. The monoisotopic (exact) mass is 408 g/mol. The fourth-order valence-corrected chi connectivity index (χ4v) is 3.36. The van der Waals surface area contributed by atoms with Gasteiger partial charge in [0.1, 0.15) is 5.75 Å². The first-order valence-electron chi connectivity index (χ1n) is 8.78. The molecule has 3 rings (SSSR count). The number of ether oxygens (including phenoxy) is 2. The maximum Gasteiger partial charge on any atom is 0.337 e. The molecule has 0 bridgehead atoms. The van der Waals surface area contributed by atoms with Crippen LogP contribution in [0.5, 0.6) is 5.75 Å². The molecular weight excluding hydrogens is 388 g/mol. The fourth-order valence-electron chi connectivity index (χ4n) is 2.64. The molecule has 6 nitrogen and oxygen atoms in total. The van der Waals surface area contributed by atoms with Gasteiger partial charge < -0.3 is 9.47 Å². The molecule has 1 N–H and O–H groups in total. The normalized spacial score (nSPS) is 10.7. The number of methoxy groups -OCH3 is 2. The lowest BCUT2D eigenvalue weighted by molar-refractivity contribution is -0.111. The lowest BCUT2D eigenvalue weighted by Gasteiger charge is -2.07. The first-order chi connectivity index (χ1) is 14.0. The van der Waals surface area contributed by atoms with Gasteiger partial charge in [-0.3, -0.25) is 10.1 Å². The molecule has 0 fully saturated rings. The van der Waals surface area contributed by atoms with Gasteiger partial charge in [-0.1, -0.05) is 23.8 Å². The van der Waals surface area contributed by atoms with Crippen LogP contribution in [0.3, 0.4) is 0 Å². The molecule has 29 heavy (non-hydrogen) atoms. The summed E-state index contributed by atoms with van der Waals surface area (Å²) in [6.07, 6.45) is 3.08. The van der Waals surface area contributed by atoms with Gasteiger partial charge in [0.05, 0.1) is 25.5 Å². The molecule has 0 saturated carbocycles. The molecule has 0 saturated heterocycles. The van der Waals surface area contributed by atoms with Gasteiger partial charge in [0.2, 0.25) is 5.91 Å². The average Bonchev–Trinajstić information content (AvgIpc) is 3.20. The molecule has 1 heterocycles. The van der Waals surface area contributed by atoms with Crippen molar-refractivity contribution in [3.8, 4) is 17.0 Å². The maximum absolute atomic E-state index is 12.2. The highest BCUT2D eigenvalue weighted by molar-refractivity contribution is 7.14. The second-order valence-electron chi connectivity index (χ2n) is 6.18. The van der Waals surface area contributed by atoms with Crippen LogP contribution < -0.4 is 10.1 Å². The van der Waals surface area contributed by atoms with E-state index in [1.807, 2.05) is 30.5 Å². The smallest absolute Gasteiger partial charge is 0.337 e. The van der Waals surface area contributed by atoms with Crippen LogP contribution in [-0.2, 0) is 9.53 Å². The van der Waals surface area contributed by atoms with Gasteiger partial charge in [-0.05, 0) is 42.8 Å². The number of anilines is 1. The quantitative estimate of drug-likeness (QED) is 0.478. The Bertz CT molecular complexity index is 1050. The van der Waals surface area contributed by atoms with Crippen molar-refractivity contribution in [2.24, 2.45) is 0 Å². The van der Waals surface area contributed by atoms with E-state index in [2.05, 4.69) is 15.0 Å². The van der Waals surface area contributed by atoms with E-state index in [0.29, 0.717) is 10.7 Å². The number of amides is 1. The summed E-state index contributed by atoms with van der Waals surface area (Å²) in [4.78, 5) is 28.1. The van der Waals surface area contributed by atoms with Crippen LogP contribution in [0.25, 0.3) is 17.3 Å². The van der Waals surface area contributed by atoms with E-state index >= 15 is 0 Å². The van der Waals surface area contributed by atoms with Crippen LogP contribution in [0, 0.1) is 6.92 Å². The van der Waals surface area contributed by atoms with E-state index in [0.717, 1.165) is 28.1 Å². The summed E-state index contributed by atoms with van der Waals surface area (Å²) in [6.45, 7) is 2.00. The number of nitrogens with zero attached hydrogens (tertiary/aromatic N) is 1. The van der Waals surface area contributed by atoms with Gasteiger partial charge in [-0.15, -0.1) is 11.3 Å². The van der Waals surface area contributed by atoms with E-state index in [4.69, 9.17) is 4.74 Å². The van der Waals surface area contributed by atoms with E-state index in [-0.39, 0.29) is 5.91 Å². The fraction of sp³-hybridized carbons (Fsp3) is 0.136. The Balaban J connectivity index is 1.67. The highest BCUT2D eigenvalue weighted by Gasteiger charge is 2.11. The number of thiazole rings is 1. The zero-order valence-electron chi connectivity index (χ0n) is 16.3. The molecule has 3 aromatic rings. The van der Waals surface area contributed by atoms with E-state index in [9.17, 15) is 9.59 Å². The molecule has 0 atom stereocenters. The van der Waals surface area contributed by atoms with Crippen LogP contribution in [0.2, 0.25) is 0 Å². The topological polar surface area (TPSA) is 77.5 Å². The minimum atomic E-state index is -0.400. The van der Waals surface area contributed by atoms with Gasteiger partial charge >= 0.3 is 5.97 Å². The van der Waals surface area contributed by atoms with Crippen molar-refractivity contribution in [3.63, 3.8) is 0 Å². The third-order valence-corrected chi connectivity index (χ3v) is 4.88. The summed E-state index contributed by atoms with van der Waals surface area (Å²) >= 11 is 1.34. The maximum atomic E-state index is 12.2. The van der Waals surface area contributed by atoms with Crippen LogP contribution in [0.15, 0.2) is 53.9 Å². The number of aryl methyl sites for hydroxylation is 1. The molecule has 0 aliphatic rings. The zero-order valence-corrected chi connectivity index (χ0v) is 17.1. The van der Waals surface area contributed by atoms with Crippen LogP contribution in [0.4, 0.5) is 5.13 Å². The minimum Gasteiger partial charge on any atom is -0.496 e. The Morgan fingerprint density at radius 3 is 2.55 bits per heavy atom. The summed E-state index contributed by atoms with van der Waals surface area (Å²) in [5, 5.41) is 5.14. The molecule has 0 radical (unpaired) electrons. The number of carbonyl (C=O) groups is 2. The van der Waals surface area contributed by atoms with Crippen molar-refractivity contribution in [2.75, 3.05) is 19.5 Å². The van der Waals surface area contributed by atoms with Gasteiger partial charge in [-0.2, -0.15) is 0 Å². The number of nitrogens with one attached hydrogen (secondary N) is 1. The van der Waals surface area contributed by atoms with Crippen molar-refractivity contribution < 1.29 is 19.1 Å². The molecule has 0 unspecified atom stereocenters. The number of hydrogen-bond acceptors (Lipinski definition) is 6. The van der Waals surface area contributed by atoms with Gasteiger partial charge in [-0.25, -0.2) is 9.78 Å². The van der Waals surface area contributed by atoms with Crippen molar-refractivity contribution in [1.82, 2.24) is 4.98 Å². The minimum absolute atomic E-state index is 0.292. The van der Waals surface area contributed by atoms with Crippen molar-refractivity contribution in [3.05, 3.63) is 70.6 Å². The SMILES string of the molecule is COC(=O)c1ccc(/C=C/C(=O)Nc2nc(-c3cc(C)ccc3OC)cs2)cc1. The van der Waals surface area contributed by atoms with Gasteiger partial charge in [0, 0.05) is 17.0 Å².